The number of aromatic amines is 1. The van der Waals surface area contributed by atoms with Gasteiger partial charge in [-0.3, -0.25) is 14.9 Å². The minimum atomic E-state index is -0.0966. The molecule has 1 unspecified atom stereocenters. The molecule has 1 amide bonds. The summed E-state index contributed by atoms with van der Waals surface area (Å²) in [5.74, 6) is 1.35. The second-order valence-electron chi connectivity index (χ2n) is 5.67. The van der Waals surface area contributed by atoms with Crippen molar-refractivity contribution in [2.45, 2.75) is 19.3 Å². The Morgan fingerprint density at radius 2 is 2.17 bits per heavy atom. The Labute approximate surface area is 132 Å². The molecule has 3 aromatic heterocycles. The van der Waals surface area contributed by atoms with Gasteiger partial charge in [-0.2, -0.15) is 5.10 Å². The summed E-state index contributed by atoms with van der Waals surface area (Å²) in [7, 11) is 1.96. The van der Waals surface area contributed by atoms with E-state index in [2.05, 4.69) is 25.5 Å². The number of nitrogens with one attached hydrogen (secondary N) is 2. The average molecular weight is 308 g/mol. The summed E-state index contributed by atoms with van der Waals surface area (Å²) >= 11 is 0. The fourth-order valence-corrected chi connectivity index (χ4v) is 3.06. The average Bonchev–Trinajstić information content (AvgIpc) is 3.12. The van der Waals surface area contributed by atoms with Gasteiger partial charge in [-0.25, -0.2) is 4.98 Å². The number of aryl methyl sites for hydroxylation is 1. The fourth-order valence-electron chi connectivity index (χ4n) is 3.06. The first-order valence-corrected chi connectivity index (χ1v) is 7.43. The van der Waals surface area contributed by atoms with Crippen molar-refractivity contribution >= 4 is 11.7 Å². The van der Waals surface area contributed by atoms with E-state index < -0.39 is 0 Å². The molecule has 4 rings (SSSR count). The van der Waals surface area contributed by atoms with Crippen molar-refractivity contribution in [2.75, 3.05) is 5.32 Å². The molecular weight excluding hydrogens is 292 g/mol. The van der Waals surface area contributed by atoms with Gasteiger partial charge in [-0.15, -0.1) is 0 Å². The van der Waals surface area contributed by atoms with Crippen LogP contribution in [0.4, 0.5) is 5.82 Å². The zero-order chi connectivity index (χ0) is 16.0. The molecule has 1 aliphatic heterocycles. The largest absolute Gasteiger partial charge is 0.335 e. The highest BCUT2D eigenvalue weighted by Gasteiger charge is 2.34. The number of hydrogen-bond acceptors (Lipinski definition) is 4. The zero-order valence-corrected chi connectivity index (χ0v) is 12.9. The first-order valence-electron chi connectivity index (χ1n) is 7.43. The highest BCUT2D eigenvalue weighted by molar-refractivity contribution is 5.95. The number of pyridine rings is 1. The standard InChI is InChI=1S/C16H16N6O/c1-9-18-8-12(22(9)2)10-7-13(23)19-16-14(10)15(20-21-16)11-5-3-4-6-17-11/h3-6,8,10H,7H2,1-2H3,(H2,19,20,21,23). The van der Waals surface area contributed by atoms with Crippen LogP contribution in [-0.2, 0) is 11.8 Å². The minimum Gasteiger partial charge on any atom is -0.335 e. The third kappa shape index (κ3) is 2.12. The van der Waals surface area contributed by atoms with Crippen LogP contribution >= 0.6 is 0 Å². The molecule has 0 saturated carbocycles. The quantitative estimate of drug-likeness (QED) is 0.757. The number of imidazole rings is 1. The normalized spacial score (nSPS) is 17.0. The van der Waals surface area contributed by atoms with Crippen LogP contribution in [0.2, 0.25) is 0 Å². The van der Waals surface area contributed by atoms with E-state index in [1.165, 1.54) is 0 Å². The summed E-state index contributed by atoms with van der Waals surface area (Å²) in [6.45, 7) is 1.95. The molecule has 0 fully saturated rings. The molecule has 2 N–H and O–H groups in total. The Morgan fingerprint density at radius 1 is 1.30 bits per heavy atom. The van der Waals surface area contributed by atoms with Crippen molar-refractivity contribution in [3.05, 3.63) is 47.7 Å². The molecule has 1 atom stereocenters. The van der Waals surface area contributed by atoms with Crippen molar-refractivity contribution in [2.24, 2.45) is 7.05 Å². The maximum absolute atomic E-state index is 12.1. The lowest BCUT2D eigenvalue weighted by Crippen LogP contribution is -2.24. The molecule has 0 aromatic carbocycles. The van der Waals surface area contributed by atoms with Crippen molar-refractivity contribution in [3.8, 4) is 11.4 Å². The van der Waals surface area contributed by atoms with Gasteiger partial charge < -0.3 is 9.88 Å². The minimum absolute atomic E-state index is 0.0413. The maximum atomic E-state index is 12.1. The number of H-pyrrole nitrogens is 1. The Balaban J connectivity index is 1.90. The molecule has 116 valence electrons. The van der Waals surface area contributed by atoms with Gasteiger partial charge in [0.05, 0.1) is 11.4 Å². The predicted molar refractivity (Wildman–Crippen MR) is 84.9 cm³/mol. The van der Waals surface area contributed by atoms with Crippen molar-refractivity contribution < 1.29 is 4.79 Å². The molecule has 0 saturated heterocycles. The van der Waals surface area contributed by atoms with E-state index >= 15 is 0 Å². The van der Waals surface area contributed by atoms with Crippen LogP contribution in [0.1, 0.15) is 29.4 Å². The number of hydrogen-bond donors (Lipinski definition) is 2. The van der Waals surface area contributed by atoms with E-state index in [1.54, 1.807) is 6.20 Å². The van der Waals surface area contributed by atoms with Gasteiger partial charge >= 0.3 is 0 Å². The molecule has 0 spiro atoms. The molecular formula is C16H16N6O. The summed E-state index contributed by atoms with van der Waals surface area (Å²) in [6, 6.07) is 5.73. The number of aromatic nitrogens is 5. The van der Waals surface area contributed by atoms with Gasteiger partial charge in [0.1, 0.15) is 5.82 Å². The topological polar surface area (TPSA) is 88.5 Å². The van der Waals surface area contributed by atoms with Gasteiger partial charge in [0, 0.05) is 43.0 Å². The van der Waals surface area contributed by atoms with Crippen molar-refractivity contribution in [3.63, 3.8) is 0 Å². The van der Waals surface area contributed by atoms with Gasteiger partial charge in [0.15, 0.2) is 5.82 Å². The number of rotatable bonds is 2. The van der Waals surface area contributed by atoms with Gasteiger partial charge in [0.2, 0.25) is 5.91 Å². The first-order chi connectivity index (χ1) is 11.1. The van der Waals surface area contributed by atoms with E-state index in [0.717, 1.165) is 28.5 Å². The zero-order valence-electron chi connectivity index (χ0n) is 12.9. The molecule has 3 aromatic rings. The number of carbonyl (C=O) groups excluding carboxylic acids is 1. The van der Waals surface area contributed by atoms with Crippen molar-refractivity contribution in [1.82, 2.24) is 24.7 Å². The fraction of sp³-hybridized carbons (Fsp3) is 0.250. The number of nitrogens with zero attached hydrogens (tertiary/aromatic N) is 4. The number of fused-ring (bicyclic) bond motifs is 1. The molecule has 1 aliphatic rings. The highest BCUT2D eigenvalue weighted by Crippen LogP contribution is 2.41. The molecule has 23 heavy (non-hydrogen) atoms. The summed E-state index contributed by atoms with van der Waals surface area (Å²) in [5.41, 5.74) is 3.61. The van der Waals surface area contributed by atoms with Gasteiger partial charge in [-0.05, 0) is 19.1 Å². The smallest absolute Gasteiger partial charge is 0.226 e. The lowest BCUT2D eigenvalue weighted by molar-refractivity contribution is -0.116. The van der Waals surface area contributed by atoms with E-state index in [1.807, 2.05) is 42.9 Å². The monoisotopic (exact) mass is 308 g/mol. The summed E-state index contributed by atoms with van der Waals surface area (Å²) in [5, 5.41) is 10.1. The third-order valence-electron chi connectivity index (χ3n) is 4.33. The second kappa shape index (κ2) is 5.05. The number of amides is 1. The van der Waals surface area contributed by atoms with E-state index in [0.29, 0.717) is 12.2 Å². The second-order valence-corrected chi connectivity index (χ2v) is 5.67. The van der Waals surface area contributed by atoms with E-state index in [4.69, 9.17) is 0 Å². The molecule has 4 heterocycles. The summed E-state index contributed by atoms with van der Waals surface area (Å²) < 4.78 is 2.02. The lowest BCUT2D eigenvalue weighted by atomic mass is 9.88. The van der Waals surface area contributed by atoms with Gasteiger partial charge in [0.25, 0.3) is 0 Å². The number of anilines is 1. The Hall–Kier alpha value is -2.96. The van der Waals surface area contributed by atoms with Gasteiger partial charge in [-0.1, -0.05) is 6.07 Å². The maximum Gasteiger partial charge on any atom is 0.226 e. The summed E-state index contributed by atoms with van der Waals surface area (Å²) in [4.78, 5) is 20.8. The summed E-state index contributed by atoms with van der Waals surface area (Å²) in [6.07, 6.45) is 3.94. The molecule has 7 heteroatoms. The predicted octanol–water partition coefficient (Wildman–Crippen LogP) is 1.99. The van der Waals surface area contributed by atoms with Crippen molar-refractivity contribution in [1.29, 1.82) is 0 Å². The van der Waals surface area contributed by atoms with Crippen LogP contribution in [0.25, 0.3) is 11.4 Å². The van der Waals surface area contributed by atoms with Crippen LogP contribution < -0.4 is 5.32 Å². The Kier molecular flexibility index (Phi) is 3.00. The van der Waals surface area contributed by atoms with Crippen LogP contribution in [-0.4, -0.2) is 30.6 Å². The molecule has 0 aliphatic carbocycles. The van der Waals surface area contributed by atoms with Crippen LogP contribution in [0.15, 0.2) is 30.6 Å². The SMILES string of the molecule is Cc1ncc(C2CC(=O)Nc3n[nH]c(-c4ccccn4)c32)n1C. The Morgan fingerprint density at radius 3 is 2.87 bits per heavy atom. The van der Waals surface area contributed by atoms with E-state index in [-0.39, 0.29) is 11.8 Å². The number of carbonyl (C=O) groups is 1. The highest BCUT2D eigenvalue weighted by atomic mass is 16.1. The molecule has 0 bridgehead atoms. The van der Waals surface area contributed by atoms with E-state index in [9.17, 15) is 4.79 Å². The van der Waals surface area contributed by atoms with Crippen LogP contribution in [0, 0.1) is 6.92 Å². The first kappa shape index (κ1) is 13.7. The third-order valence-corrected chi connectivity index (χ3v) is 4.33. The molecule has 7 nitrogen and oxygen atoms in total. The molecule has 0 radical (unpaired) electrons. The Bertz CT molecular complexity index is 879. The lowest BCUT2D eigenvalue weighted by Gasteiger charge is -2.23. The van der Waals surface area contributed by atoms with Crippen LogP contribution in [0.5, 0.6) is 0 Å². The van der Waals surface area contributed by atoms with Crippen LogP contribution in [0.3, 0.4) is 0 Å².